The van der Waals surface area contributed by atoms with E-state index in [0.29, 0.717) is 0 Å². The standard InChI is InChI=1S/C13H17N5O10P2/c1-17-5-18(10-7(17)11(21)16-13(14)15-10)12-9(20)8(19)6(27-12)3-2-4-29(22,23)28-30(24,25)26/h5-6,8-9,12,19-20H,3H2,1H3,(H5-,14,15,16,21,22,23,24,25,26)/p+1/t6-,8?,9+,12-/m1/s1. The highest BCUT2D eigenvalue weighted by molar-refractivity contribution is 7.67. The second-order valence-electron chi connectivity index (χ2n) is 6.34. The van der Waals surface area contributed by atoms with Gasteiger partial charge in [0.05, 0.1) is 7.05 Å². The molecule has 2 aromatic rings. The van der Waals surface area contributed by atoms with E-state index in [9.17, 15) is 29.3 Å². The molecule has 164 valence electrons. The van der Waals surface area contributed by atoms with Crippen molar-refractivity contribution in [2.24, 2.45) is 7.05 Å². The predicted molar refractivity (Wildman–Crippen MR) is 96.1 cm³/mol. The molecule has 0 aromatic carbocycles. The smallest absolute Gasteiger partial charge is 0.477 e. The van der Waals surface area contributed by atoms with Crippen molar-refractivity contribution in [1.82, 2.24) is 14.5 Å². The Morgan fingerprint density at radius 2 is 1.97 bits per heavy atom. The first kappa shape index (κ1) is 22.6. The molecule has 17 heteroatoms. The Labute approximate surface area is 168 Å². The molecule has 0 saturated carbocycles. The SMILES string of the molecule is C[n+]1cn([C@@H]2O[C@H](CC#CP(=O)(O)OP(=O)(O)O)C(O)[C@@H]2O)c2nc(N)nc(O)c21. The van der Waals surface area contributed by atoms with Gasteiger partial charge in [0, 0.05) is 12.1 Å². The lowest BCUT2D eigenvalue weighted by Crippen LogP contribution is -2.32. The predicted octanol–water partition coefficient (Wildman–Crippen LogP) is -2.19. The van der Waals surface area contributed by atoms with Gasteiger partial charge in [-0.25, -0.2) is 13.7 Å². The van der Waals surface area contributed by atoms with Gasteiger partial charge >= 0.3 is 15.4 Å². The molecule has 2 unspecified atom stereocenters. The number of nitrogens with zero attached hydrogens (tertiary/aromatic N) is 4. The van der Waals surface area contributed by atoms with E-state index in [2.05, 4.69) is 20.2 Å². The van der Waals surface area contributed by atoms with Crippen molar-refractivity contribution in [1.29, 1.82) is 0 Å². The lowest BCUT2D eigenvalue weighted by atomic mass is 10.1. The maximum atomic E-state index is 11.5. The van der Waals surface area contributed by atoms with E-state index in [1.807, 2.05) is 0 Å². The normalized spacial score (nSPS) is 26.3. The summed E-state index contributed by atoms with van der Waals surface area (Å²) >= 11 is 0. The largest absolute Gasteiger partial charge is 0.490 e. The molecule has 0 radical (unpaired) electrons. The molecule has 0 aliphatic carbocycles. The van der Waals surface area contributed by atoms with Crippen molar-refractivity contribution in [3.05, 3.63) is 6.33 Å². The van der Waals surface area contributed by atoms with Crippen LogP contribution in [0.4, 0.5) is 5.95 Å². The van der Waals surface area contributed by atoms with Crippen LogP contribution in [0.3, 0.4) is 0 Å². The second kappa shape index (κ2) is 7.86. The van der Waals surface area contributed by atoms with E-state index in [-0.39, 0.29) is 23.5 Å². The van der Waals surface area contributed by atoms with Gasteiger partial charge in [0.2, 0.25) is 18.5 Å². The van der Waals surface area contributed by atoms with Crippen LogP contribution in [0, 0.1) is 11.6 Å². The van der Waals surface area contributed by atoms with E-state index in [1.54, 1.807) is 12.7 Å². The van der Waals surface area contributed by atoms with Crippen LogP contribution in [0.5, 0.6) is 5.88 Å². The molecule has 3 rings (SSSR count). The third kappa shape index (κ3) is 4.62. The number of fused-ring (bicyclic) bond motifs is 1. The molecule has 0 spiro atoms. The number of phosphoric acid groups is 1. The molecule has 15 nitrogen and oxygen atoms in total. The monoisotopic (exact) mass is 466 g/mol. The molecule has 5 atom stereocenters. The number of nitrogens with two attached hydrogens (primary N) is 1. The molecule has 3 heterocycles. The van der Waals surface area contributed by atoms with Crippen LogP contribution < -0.4 is 10.3 Å². The zero-order chi connectivity index (χ0) is 22.4. The highest BCUT2D eigenvalue weighted by atomic mass is 31.3. The first-order valence-electron chi connectivity index (χ1n) is 8.13. The van der Waals surface area contributed by atoms with Crippen molar-refractivity contribution in [3.63, 3.8) is 0 Å². The number of aliphatic hydroxyl groups excluding tert-OH is 2. The number of aliphatic hydroxyl groups is 2. The van der Waals surface area contributed by atoms with E-state index < -0.39 is 45.8 Å². The van der Waals surface area contributed by atoms with Crippen molar-refractivity contribution in [2.45, 2.75) is 31.0 Å². The fraction of sp³-hybridized carbons (Fsp3) is 0.462. The van der Waals surface area contributed by atoms with Gasteiger partial charge in [-0.15, -0.1) is 0 Å². The zero-order valence-electron chi connectivity index (χ0n) is 15.2. The van der Waals surface area contributed by atoms with E-state index >= 15 is 0 Å². The van der Waals surface area contributed by atoms with Gasteiger partial charge in [0.1, 0.15) is 18.3 Å². The fourth-order valence-electron chi connectivity index (χ4n) is 2.97. The second-order valence-corrected chi connectivity index (χ2v) is 9.24. The number of rotatable bonds is 4. The zero-order valence-corrected chi connectivity index (χ0v) is 17.0. The first-order valence-corrected chi connectivity index (χ1v) is 11.2. The molecule has 1 aliphatic rings. The summed E-state index contributed by atoms with van der Waals surface area (Å²) in [6, 6.07) is 0. The Bertz CT molecular complexity index is 1140. The van der Waals surface area contributed by atoms with Crippen LogP contribution in [0.15, 0.2) is 6.33 Å². The molecular weight excluding hydrogens is 448 g/mol. The number of aromatic nitrogens is 4. The van der Waals surface area contributed by atoms with Gasteiger partial charge in [0.25, 0.3) is 17.0 Å². The minimum absolute atomic E-state index is 0.111. The Balaban J connectivity index is 1.84. The number of nitrogen functional groups attached to an aromatic ring is 1. The third-order valence-corrected chi connectivity index (χ3v) is 6.29. The first-order chi connectivity index (χ1) is 13.8. The summed E-state index contributed by atoms with van der Waals surface area (Å²) in [5, 5.41) is 30.6. The lowest BCUT2D eigenvalue weighted by Gasteiger charge is -2.11. The maximum Gasteiger partial charge on any atom is 0.477 e. The molecule has 0 bridgehead atoms. The summed E-state index contributed by atoms with van der Waals surface area (Å²) in [6.45, 7) is 0. The summed E-state index contributed by atoms with van der Waals surface area (Å²) in [4.78, 5) is 34.1. The Kier molecular flexibility index (Phi) is 5.91. The third-order valence-electron chi connectivity index (χ3n) is 4.11. The molecular formula is C13H18N5O10P2+. The number of anilines is 1. The number of hydrogen-bond acceptors (Lipinski definition) is 10. The Morgan fingerprint density at radius 1 is 1.30 bits per heavy atom. The van der Waals surface area contributed by atoms with Gasteiger partial charge in [-0.05, 0) is 0 Å². The Hall–Kier alpha value is -2.11. The summed E-state index contributed by atoms with van der Waals surface area (Å²) < 4.78 is 34.2. The highest BCUT2D eigenvalue weighted by Crippen LogP contribution is 2.56. The van der Waals surface area contributed by atoms with Crippen LogP contribution in [-0.4, -0.2) is 62.8 Å². The quantitative estimate of drug-likeness (QED) is 0.144. The minimum Gasteiger partial charge on any atom is -0.490 e. The average molecular weight is 466 g/mol. The molecule has 1 fully saturated rings. The summed E-state index contributed by atoms with van der Waals surface area (Å²) in [6.07, 6.45) is -4.22. The number of hydrogen-bond donors (Lipinski definition) is 7. The van der Waals surface area contributed by atoms with Gasteiger partial charge in [-0.1, -0.05) is 5.92 Å². The number of aromatic hydroxyl groups is 1. The van der Waals surface area contributed by atoms with Crippen molar-refractivity contribution < 1.29 is 52.7 Å². The summed E-state index contributed by atoms with van der Waals surface area (Å²) in [5.41, 5.74) is 7.52. The fourth-order valence-corrected chi connectivity index (χ4v) is 4.57. The number of imidazole rings is 1. The minimum atomic E-state index is -5.24. The van der Waals surface area contributed by atoms with Crippen molar-refractivity contribution in [2.75, 3.05) is 5.73 Å². The van der Waals surface area contributed by atoms with E-state index in [4.69, 9.17) is 20.3 Å². The van der Waals surface area contributed by atoms with Crippen molar-refractivity contribution in [3.8, 4) is 17.5 Å². The summed E-state index contributed by atoms with van der Waals surface area (Å²) in [5.74, 6) is 1.50. The number of aryl methyl sites for hydroxylation is 1. The number of ether oxygens (including phenoxy) is 1. The molecule has 0 amide bonds. The van der Waals surface area contributed by atoms with Gasteiger partial charge in [0.15, 0.2) is 0 Å². The molecule has 1 aliphatic heterocycles. The van der Waals surface area contributed by atoms with Crippen LogP contribution in [0.1, 0.15) is 12.6 Å². The van der Waals surface area contributed by atoms with Crippen molar-refractivity contribution >= 4 is 32.5 Å². The highest BCUT2D eigenvalue weighted by Gasteiger charge is 2.47. The molecule has 30 heavy (non-hydrogen) atoms. The van der Waals surface area contributed by atoms with Gasteiger partial charge in [-0.2, -0.15) is 18.8 Å². The maximum absolute atomic E-state index is 11.5. The molecule has 8 N–H and O–H groups in total. The van der Waals surface area contributed by atoms with Crippen LogP contribution in [0.25, 0.3) is 11.2 Å². The van der Waals surface area contributed by atoms with Crippen LogP contribution in [0.2, 0.25) is 0 Å². The van der Waals surface area contributed by atoms with Crippen LogP contribution >= 0.6 is 15.4 Å². The van der Waals surface area contributed by atoms with E-state index in [0.717, 1.165) is 0 Å². The van der Waals surface area contributed by atoms with Gasteiger partial charge < -0.3 is 40.5 Å². The summed E-state index contributed by atoms with van der Waals surface area (Å²) in [7, 11) is -8.58. The molecule has 1 saturated heterocycles. The van der Waals surface area contributed by atoms with E-state index in [1.165, 1.54) is 15.5 Å². The van der Waals surface area contributed by atoms with Gasteiger partial charge in [-0.3, -0.25) is 0 Å². The Morgan fingerprint density at radius 3 is 2.60 bits per heavy atom. The molecule has 2 aromatic heterocycles. The topological polar surface area (TPSA) is 235 Å². The lowest BCUT2D eigenvalue weighted by molar-refractivity contribution is -0.646. The average Bonchev–Trinajstić information content (AvgIpc) is 3.04. The van der Waals surface area contributed by atoms with Crippen LogP contribution in [-0.2, 0) is 25.2 Å².